The predicted molar refractivity (Wildman–Crippen MR) is 111 cm³/mol. The summed E-state index contributed by atoms with van der Waals surface area (Å²) in [5.41, 5.74) is 3.20. The molecule has 3 aromatic rings. The number of likely N-dealkylation sites (tertiary alicyclic amines) is 1. The molecule has 1 aromatic heterocycles. The third-order valence-corrected chi connectivity index (χ3v) is 5.44. The Bertz CT molecular complexity index is 991. The molecule has 0 saturated carbocycles. The number of hydrogen-bond donors (Lipinski definition) is 0. The van der Waals surface area contributed by atoms with Crippen LogP contribution in [0, 0.1) is 0 Å². The lowest BCUT2D eigenvalue weighted by molar-refractivity contribution is -0.0756. The Morgan fingerprint density at radius 3 is 2.55 bits per heavy atom. The number of amides is 1. The summed E-state index contributed by atoms with van der Waals surface area (Å²) in [6.45, 7) is 2.15. The Balaban J connectivity index is 1.55. The lowest BCUT2D eigenvalue weighted by atomic mass is 10.1. The smallest absolute Gasteiger partial charge is 0.277 e. The number of nitrogens with zero attached hydrogens (tertiary/aromatic N) is 4. The highest BCUT2D eigenvalue weighted by Crippen LogP contribution is 2.24. The summed E-state index contributed by atoms with van der Waals surface area (Å²) in [6.07, 6.45) is 4.15. The molecule has 2 heterocycles. The standard InChI is InChI=1S/C22H26N4O3/c1-24-12-10-19(11-13-24)29-18-7-5-17(6-8-18)26-15-23-20-9-4-16(14-21(20)26)22(27)25(2)28-3/h4-9,14-15,19H,10-13H2,1-3H3. The van der Waals surface area contributed by atoms with E-state index in [-0.39, 0.29) is 12.0 Å². The molecule has 1 aliphatic heterocycles. The molecule has 4 rings (SSSR count). The first-order chi connectivity index (χ1) is 14.0. The van der Waals surface area contributed by atoms with Crippen LogP contribution in [0.3, 0.4) is 0 Å². The third-order valence-electron chi connectivity index (χ3n) is 5.44. The summed E-state index contributed by atoms with van der Waals surface area (Å²) in [6, 6.07) is 13.5. The maximum atomic E-state index is 12.4. The molecule has 29 heavy (non-hydrogen) atoms. The SMILES string of the molecule is CON(C)C(=O)c1ccc2ncn(-c3ccc(OC4CCN(C)CC4)cc3)c2c1. The van der Waals surface area contributed by atoms with Gasteiger partial charge in [0.05, 0.1) is 18.1 Å². The Kier molecular flexibility index (Phi) is 5.51. The number of benzene rings is 2. The zero-order valence-corrected chi connectivity index (χ0v) is 17.0. The number of carbonyl (C=O) groups excluding carboxylic acids is 1. The van der Waals surface area contributed by atoms with Crippen LogP contribution in [0.1, 0.15) is 23.2 Å². The van der Waals surface area contributed by atoms with Gasteiger partial charge in [-0.05, 0) is 62.4 Å². The average Bonchev–Trinajstić information content (AvgIpc) is 3.18. The van der Waals surface area contributed by atoms with Gasteiger partial charge in [0.15, 0.2) is 0 Å². The molecule has 1 saturated heterocycles. The molecule has 152 valence electrons. The number of aromatic nitrogens is 2. The van der Waals surface area contributed by atoms with E-state index in [9.17, 15) is 4.79 Å². The normalized spacial score (nSPS) is 15.6. The van der Waals surface area contributed by atoms with Crippen molar-refractivity contribution in [3.63, 3.8) is 0 Å². The number of piperidine rings is 1. The van der Waals surface area contributed by atoms with E-state index in [1.54, 1.807) is 19.4 Å². The number of imidazole rings is 1. The quantitative estimate of drug-likeness (QED) is 0.622. The number of rotatable bonds is 5. The van der Waals surface area contributed by atoms with Gasteiger partial charge in [-0.15, -0.1) is 0 Å². The van der Waals surface area contributed by atoms with Gasteiger partial charge >= 0.3 is 0 Å². The molecule has 0 atom stereocenters. The second-order valence-corrected chi connectivity index (χ2v) is 7.42. The molecule has 0 aliphatic carbocycles. The Labute approximate surface area is 170 Å². The lowest BCUT2D eigenvalue weighted by Crippen LogP contribution is -2.35. The van der Waals surface area contributed by atoms with Gasteiger partial charge in [-0.1, -0.05) is 0 Å². The van der Waals surface area contributed by atoms with Crippen LogP contribution in [-0.2, 0) is 4.84 Å². The average molecular weight is 394 g/mol. The van der Waals surface area contributed by atoms with Gasteiger partial charge < -0.3 is 9.64 Å². The first-order valence-electron chi connectivity index (χ1n) is 9.80. The van der Waals surface area contributed by atoms with E-state index < -0.39 is 0 Å². The van der Waals surface area contributed by atoms with Crippen LogP contribution in [0.2, 0.25) is 0 Å². The van der Waals surface area contributed by atoms with E-state index in [2.05, 4.69) is 16.9 Å². The minimum absolute atomic E-state index is 0.205. The first-order valence-corrected chi connectivity index (χ1v) is 9.80. The summed E-state index contributed by atoms with van der Waals surface area (Å²) in [5.74, 6) is 0.675. The van der Waals surface area contributed by atoms with Crippen LogP contribution in [0.25, 0.3) is 16.7 Å². The fraction of sp³-hybridized carbons (Fsp3) is 0.364. The van der Waals surface area contributed by atoms with E-state index in [1.807, 2.05) is 41.0 Å². The van der Waals surface area contributed by atoms with Gasteiger partial charge in [-0.2, -0.15) is 0 Å². The number of fused-ring (bicyclic) bond motifs is 1. The van der Waals surface area contributed by atoms with Gasteiger partial charge in [0.1, 0.15) is 18.2 Å². The summed E-state index contributed by atoms with van der Waals surface area (Å²) < 4.78 is 8.11. The maximum absolute atomic E-state index is 12.4. The minimum Gasteiger partial charge on any atom is -0.490 e. The monoisotopic (exact) mass is 394 g/mol. The van der Waals surface area contributed by atoms with Crippen LogP contribution >= 0.6 is 0 Å². The largest absolute Gasteiger partial charge is 0.490 e. The number of hydroxylamine groups is 2. The molecule has 0 unspecified atom stereocenters. The molecular formula is C22H26N4O3. The Morgan fingerprint density at radius 1 is 1.14 bits per heavy atom. The van der Waals surface area contributed by atoms with E-state index in [4.69, 9.17) is 9.57 Å². The van der Waals surface area contributed by atoms with Crippen molar-refractivity contribution >= 4 is 16.9 Å². The Hall–Kier alpha value is -2.90. The summed E-state index contributed by atoms with van der Waals surface area (Å²) in [7, 11) is 5.20. The highest BCUT2D eigenvalue weighted by molar-refractivity contribution is 5.97. The molecule has 7 heteroatoms. The molecule has 0 N–H and O–H groups in total. The summed E-state index contributed by atoms with van der Waals surface area (Å²) >= 11 is 0. The Morgan fingerprint density at radius 2 is 1.86 bits per heavy atom. The van der Waals surface area contributed by atoms with Crippen molar-refractivity contribution < 1.29 is 14.4 Å². The molecule has 1 fully saturated rings. The van der Waals surface area contributed by atoms with Gasteiger partial charge in [-0.3, -0.25) is 14.2 Å². The third kappa shape index (κ3) is 4.11. The molecular weight excluding hydrogens is 368 g/mol. The maximum Gasteiger partial charge on any atom is 0.277 e. The second kappa shape index (κ2) is 8.23. The first kappa shape index (κ1) is 19.4. The minimum atomic E-state index is -0.205. The molecule has 1 aliphatic rings. The number of ether oxygens (including phenoxy) is 1. The topological polar surface area (TPSA) is 59.8 Å². The summed E-state index contributed by atoms with van der Waals surface area (Å²) in [5, 5.41) is 1.21. The van der Waals surface area contributed by atoms with Gasteiger partial charge in [0.2, 0.25) is 0 Å². The number of carbonyl (C=O) groups is 1. The zero-order valence-electron chi connectivity index (χ0n) is 17.0. The molecule has 1 amide bonds. The number of hydrogen-bond acceptors (Lipinski definition) is 5. The van der Waals surface area contributed by atoms with E-state index >= 15 is 0 Å². The van der Waals surface area contributed by atoms with Crippen molar-refractivity contribution in [3.8, 4) is 11.4 Å². The van der Waals surface area contributed by atoms with Crippen molar-refractivity contribution in [1.82, 2.24) is 19.5 Å². The summed E-state index contributed by atoms with van der Waals surface area (Å²) in [4.78, 5) is 24.2. The second-order valence-electron chi connectivity index (χ2n) is 7.42. The highest BCUT2D eigenvalue weighted by atomic mass is 16.7. The van der Waals surface area contributed by atoms with Gasteiger partial charge in [0.25, 0.3) is 5.91 Å². The molecule has 7 nitrogen and oxygen atoms in total. The highest BCUT2D eigenvalue weighted by Gasteiger charge is 2.18. The van der Waals surface area contributed by atoms with E-state index in [0.29, 0.717) is 5.56 Å². The van der Waals surface area contributed by atoms with Gasteiger partial charge in [0, 0.05) is 31.4 Å². The molecule has 2 aromatic carbocycles. The van der Waals surface area contributed by atoms with Crippen LogP contribution in [0.4, 0.5) is 0 Å². The van der Waals surface area contributed by atoms with E-state index in [0.717, 1.165) is 48.4 Å². The van der Waals surface area contributed by atoms with Crippen molar-refractivity contribution in [2.75, 3.05) is 34.3 Å². The van der Waals surface area contributed by atoms with Crippen molar-refractivity contribution in [2.45, 2.75) is 18.9 Å². The van der Waals surface area contributed by atoms with Crippen LogP contribution in [-0.4, -0.2) is 65.8 Å². The van der Waals surface area contributed by atoms with Crippen LogP contribution in [0.5, 0.6) is 5.75 Å². The van der Waals surface area contributed by atoms with Crippen molar-refractivity contribution in [3.05, 3.63) is 54.4 Å². The predicted octanol–water partition coefficient (Wildman–Crippen LogP) is 3.13. The lowest BCUT2D eigenvalue weighted by Gasteiger charge is -2.29. The van der Waals surface area contributed by atoms with Crippen molar-refractivity contribution in [2.24, 2.45) is 0 Å². The molecule has 0 radical (unpaired) electrons. The molecule has 0 spiro atoms. The van der Waals surface area contributed by atoms with Crippen molar-refractivity contribution in [1.29, 1.82) is 0 Å². The zero-order chi connectivity index (χ0) is 20.4. The van der Waals surface area contributed by atoms with E-state index in [1.165, 1.54) is 12.2 Å². The molecule has 0 bridgehead atoms. The fourth-order valence-corrected chi connectivity index (χ4v) is 3.59. The van der Waals surface area contributed by atoms with Gasteiger partial charge in [-0.25, -0.2) is 10.0 Å². The van der Waals surface area contributed by atoms with Crippen LogP contribution in [0.15, 0.2) is 48.8 Å². The fourth-order valence-electron chi connectivity index (χ4n) is 3.59. The van der Waals surface area contributed by atoms with Crippen LogP contribution < -0.4 is 4.74 Å².